The number of nitrogens with zero attached hydrogens (tertiary/aromatic N) is 3. The van der Waals surface area contributed by atoms with E-state index < -0.39 is 17.7 Å². The molecule has 35 heavy (non-hydrogen) atoms. The van der Waals surface area contributed by atoms with E-state index in [9.17, 15) is 19.5 Å². The monoisotopic (exact) mass is 477 g/mol. The normalized spacial score (nSPS) is 20.7. The van der Waals surface area contributed by atoms with Crippen LogP contribution in [0.25, 0.3) is 22.3 Å². The van der Waals surface area contributed by atoms with Gasteiger partial charge in [0.1, 0.15) is 12.4 Å². The molecule has 180 valence electrons. The highest BCUT2D eigenvalue weighted by atomic mass is 16.6. The molecule has 0 bridgehead atoms. The van der Waals surface area contributed by atoms with Crippen LogP contribution in [0.15, 0.2) is 35.1 Å². The quantitative estimate of drug-likeness (QED) is 0.435. The Morgan fingerprint density at radius 3 is 2.80 bits per heavy atom. The van der Waals surface area contributed by atoms with E-state index in [0.717, 1.165) is 5.56 Å². The fraction of sp³-hybridized carbons (Fsp3) is 0.360. The Balaban J connectivity index is 1.43. The molecular formula is C25H23N3O7. The molecule has 10 heteroatoms. The summed E-state index contributed by atoms with van der Waals surface area (Å²) in [5.41, 5.74) is 0.847. The van der Waals surface area contributed by atoms with Gasteiger partial charge in [-0.25, -0.2) is 14.6 Å². The van der Waals surface area contributed by atoms with Crippen molar-refractivity contribution < 1.29 is 28.9 Å². The molecule has 1 amide bonds. The summed E-state index contributed by atoms with van der Waals surface area (Å²) in [6.07, 6.45) is -0.366. The average molecular weight is 477 g/mol. The van der Waals surface area contributed by atoms with Crippen LogP contribution in [-0.4, -0.2) is 57.9 Å². The maximum absolute atomic E-state index is 13.3. The van der Waals surface area contributed by atoms with Crippen LogP contribution in [0.5, 0.6) is 5.75 Å². The van der Waals surface area contributed by atoms with E-state index in [4.69, 9.17) is 19.2 Å². The van der Waals surface area contributed by atoms with Crippen molar-refractivity contribution in [2.24, 2.45) is 0 Å². The van der Waals surface area contributed by atoms with E-state index in [-0.39, 0.29) is 36.3 Å². The minimum absolute atomic E-state index is 0.0810. The van der Waals surface area contributed by atoms with Crippen LogP contribution in [0, 0.1) is 0 Å². The van der Waals surface area contributed by atoms with Gasteiger partial charge in [-0.15, -0.1) is 0 Å². The molecule has 0 saturated carbocycles. The predicted octanol–water partition coefficient (Wildman–Crippen LogP) is 1.91. The smallest absolute Gasteiger partial charge is 0.415 e. The number of cyclic esters (lactones) is 1. The Bertz CT molecular complexity index is 1460. The van der Waals surface area contributed by atoms with Gasteiger partial charge < -0.3 is 28.8 Å². The van der Waals surface area contributed by atoms with Gasteiger partial charge in [-0.05, 0) is 30.7 Å². The molecule has 1 N–H and O–H groups in total. The van der Waals surface area contributed by atoms with Crippen LogP contribution in [-0.2, 0) is 33.0 Å². The molecule has 6 rings (SSSR count). The van der Waals surface area contributed by atoms with Crippen molar-refractivity contribution in [3.05, 3.63) is 57.4 Å². The number of benzene rings is 1. The molecule has 0 aliphatic carbocycles. The Kier molecular flexibility index (Phi) is 4.90. The maximum Gasteiger partial charge on any atom is 0.415 e. The van der Waals surface area contributed by atoms with Gasteiger partial charge in [0.25, 0.3) is 5.56 Å². The van der Waals surface area contributed by atoms with Crippen molar-refractivity contribution in [2.45, 2.75) is 32.1 Å². The first kappa shape index (κ1) is 21.8. The third kappa shape index (κ3) is 3.24. The summed E-state index contributed by atoms with van der Waals surface area (Å²) in [6.45, 7) is 3.64. The number of esters is 1. The molecule has 1 aromatic carbocycles. The van der Waals surface area contributed by atoms with E-state index >= 15 is 0 Å². The second-order valence-electron chi connectivity index (χ2n) is 8.89. The number of carbonyl (C=O) groups excluding carboxylic acids is 2. The van der Waals surface area contributed by atoms with Gasteiger partial charge in [0.2, 0.25) is 0 Å². The lowest BCUT2D eigenvalue weighted by Crippen LogP contribution is -2.44. The van der Waals surface area contributed by atoms with Crippen molar-refractivity contribution in [1.29, 1.82) is 0 Å². The van der Waals surface area contributed by atoms with Gasteiger partial charge in [0.15, 0.2) is 5.60 Å². The zero-order valence-corrected chi connectivity index (χ0v) is 19.1. The van der Waals surface area contributed by atoms with Crippen molar-refractivity contribution in [1.82, 2.24) is 14.5 Å². The summed E-state index contributed by atoms with van der Waals surface area (Å²) in [4.78, 5) is 44.7. The first-order valence-corrected chi connectivity index (χ1v) is 11.5. The van der Waals surface area contributed by atoms with E-state index in [2.05, 4.69) is 0 Å². The zero-order chi connectivity index (χ0) is 24.3. The number of hydrogen-bond acceptors (Lipinski definition) is 8. The Morgan fingerprint density at radius 2 is 2.03 bits per heavy atom. The number of pyridine rings is 2. The van der Waals surface area contributed by atoms with Gasteiger partial charge in [-0.2, -0.15) is 0 Å². The minimum Gasteiger partial charge on any atom is -0.458 e. The molecular weight excluding hydrogens is 454 g/mol. The highest BCUT2D eigenvalue weighted by Gasteiger charge is 2.45. The lowest BCUT2D eigenvalue weighted by molar-refractivity contribution is -0.172. The largest absolute Gasteiger partial charge is 0.458 e. The standard InChI is InChI=1S/C25H23N3O7/c1-2-25(32)17-11-19-21-14(12-28(19)22(29)16(17)13-34-23(25)30)10-15-18(26-21)4-3-5-20(15)35-24(31)27-6-8-33-9-7-27/h3-5,10-11,32H,2,6-9,12-13H2,1H3/t25-/m0/s1. The third-order valence-electron chi connectivity index (χ3n) is 6.98. The maximum atomic E-state index is 13.3. The summed E-state index contributed by atoms with van der Waals surface area (Å²) >= 11 is 0. The SMILES string of the molecule is CC[C@@]1(O)C(=O)OCc2c1cc1n(c2=O)Cc2cc3c(OC(=O)N4CCOCC4)cccc3nc2-1. The molecule has 5 heterocycles. The van der Waals surface area contributed by atoms with Gasteiger partial charge in [-0.1, -0.05) is 13.0 Å². The summed E-state index contributed by atoms with van der Waals surface area (Å²) in [5.74, 6) is -0.371. The molecule has 0 radical (unpaired) electrons. The lowest BCUT2D eigenvalue weighted by Gasteiger charge is -2.31. The number of fused-ring (bicyclic) bond motifs is 5. The van der Waals surface area contributed by atoms with Gasteiger partial charge >= 0.3 is 12.1 Å². The fourth-order valence-corrected chi connectivity index (χ4v) is 4.97. The highest BCUT2D eigenvalue weighted by Crippen LogP contribution is 2.39. The van der Waals surface area contributed by atoms with Crippen LogP contribution in [0.3, 0.4) is 0 Å². The Morgan fingerprint density at radius 1 is 1.23 bits per heavy atom. The van der Waals surface area contributed by atoms with Crippen molar-refractivity contribution in [2.75, 3.05) is 26.3 Å². The Labute approximate surface area is 199 Å². The number of aromatic nitrogens is 2. The summed E-state index contributed by atoms with van der Waals surface area (Å²) in [6, 6.07) is 8.82. The van der Waals surface area contributed by atoms with Gasteiger partial charge in [0.05, 0.1) is 42.2 Å². The molecule has 3 aliphatic rings. The van der Waals surface area contributed by atoms with E-state index in [0.29, 0.717) is 54.3 Å². The molecule has 1 fully saturated rings. The molecule has 10 nitrogen and oxygen atoms in total. The van der Waals surface area contributed by atoms with Gasteiger partial charge in [-0.3, -0.25) is 4.79 Å². The zero-order valence-electron chi connectivity index (χ0n) is 19.1. The number of ether oxygens (including phenoxy) is 3. The number of carbonyl (C=O) groups is 2. The third-order valence-corrected chi connectivity index (χ3v) is 6.98. The average Bonchev–Trinajstić information content (AvgIpc) is 3.24. The summed E-state index contributed by atoms with van der Waals surface area (Å²) < 4.78 is 17.7. The van der Waals surface area contributed by atoms with Crippen molar-refractivity contribution >= 4 is 23.0 Å². The van der Waals surface area contributed by atoms with Crippen LogP contribution < -0.4 is 10.3 Å². The van der Waals surface area contributed by atoms with Crippen molar-refractivity contribution in [3.63, 3.8) is 0 Å². The molecule has 3 aromatic rings. The molecule has 3 aliphatic heterocycles. The van der Waals surface area contributed by atoms with Crippen LogP contribution in [0.2, 0.25) is 0 Å². The summed E-state index contributed by atoms with van der Waals surface area (Å²) in [7, 11) is 0. The summed E-state index contributed by atoms with van der Waals surface area (Å²) in [5, 5.41) is 11.7. The molecule has 1 atom stereocenters. The van der Waals surface area contributed by atoms with Crippen LogP contribution >= 0.6 is 0 Å². The molecule has 1 saturated heterocycles. The second-order valence-corrected chi connectivity index (χ2v) is 8.89. The van der Waals surface area contributed by atoms with E-state index in [1.807, 2.05) is 6.07 Å². The number of morpholine rings is 1. The fourth-order valence-electron chi connectivity index (χ4n) is 4.97. The minimum atomic E-state index is -1.87. The number of aliphatic hydroxyl groups is 1. The molecule has 2 aromatic heterocycles. The number of hydrogen-bond donors (Lipinski definition) is 1. The first-order valence-electron chi connectivity index (χ1n) is 11.5. The van der Waals surface area contributed by atoms with Crippen molar-refractivity contribution in [3.8, 4) is 17.1 Å². The topological polar surface area (TPSA) is 120 Å². The van der Waals surface area contributed by atoms with Crippen LogP contribution in [0.1, 0.15) is 30.0 Å². The molecule has 0 spiro atoms. The van der Waals surface area contributed by atoms with Crippen LogP contribution in [0.4, 0.5) is 4.79 Å². The Hall–Kier alpha value is -3.76. The predicted molar refractivity (Wildman–Crippen MR) is 123 cm³/mol. The lowest BCUT2D eigenvalue weighted by atomic mass is 9.86. The van der Waals surface area contributed by atoms with E-state index in [1.54, 1.807) is 40.7 Å². The first-order chi connectivity index (χ1) is 16.9. The van der Waals surface area contributed by atoms with Gasteiger partial charge in [0, 0.05) is 29.6 Å². The highest BCUT2D eigenvalue weighted by molar-refractivity contribution is 5.91. The molecule has 0 unspecified atom stereocenters. The number of rotatable bonds is 2. The number of amides is 1. The van der Waals surface area contributed by atoms with E-state index in [1.165, 1.54) is 0 Å². The second kappa shape index (κ2) is 7.89.